The Morgan fingerprint density at radius 1 is 1.35 bits per heavy atom. The zero-order valence-corrected chi connectivity index (χ0v) is 13.4. The molecule has 1 saturated heterocycles. The molecule has 1 aliphatic rings. The average molecular weight is 314 g/mol. The van der Waals surface area contributed by atoms with Crippen molar-refractivity contribution in [3.8, 4) is 0 Å². The van der Waals surface area contributed by atoms with Crippen LogP contribution in [-0.4, -0.2) is 45.5 Å². The largest absolute Gasteiger partial charge is 0.376 e. The van der Waals surface area contributed by atoms with Crippen molar-refractivity contribution in [3.63, 3.8) is 0 Å². The van der Waals surface area contributed by atoms with Crippen LogP contribution in [0, 0.1) is 5.92 Å². The Morgan fingerprint density at radius 2 is 2.17 bits per heavy atom. The number of aryl methyl sites for hydroxylation is 1. The standard InChI is InChI=1S/C17H22N4O2/c1-20-11-16(18-19-20)17(22)21-9-5-8-15(10-21)13-23-12-14-6-3-2-4-7-14/h2-4,6-7,11,15H,5,8-10,12-13H2,1H3. The highest BCUT2D eigenvalue weighted by atomic mass is 16.5. The average Bonchev–Trinajstić information content (AvgIpc) is 3.02. The third-order valence-corrected chi connectivity index (χ3v) is 4.09. The summed E-state index contributed by atoms with van der Waals surface area (Å²) in [6.07, 6.45) is 3.77. The molecule has 2 heterocycles. The number of hydrogen-bond donors (Lipinski definition) is 0. The Balaban J connectivity index is 1.49. The van der Waals surface area contributed by atoms with Gasteiger partial charge in [-0.2, -0.15) is 0 Å². The first kappa shape index (κ1) is 15.7. The van der Waals surface area contributed by atoms with Crippen molar-refractivity contribution in [2.45, 2.75) is 19.4 Å². The molecule has 1 aromatic heterocycles. The van der Waals surface area contributed by atoms with Gasteiger partial charge in [0, 0.05) is 20.1 Å². The Morgan fingerprint density at radius 3 is 2.91 bits per heavy atom. The first-order chi connectivity index (χ1) is 11.2. The predicted octanol–water partition coefficient (Wildman–Crippen LogP) is 1.88. The molecule has 2 aromatic rings. The molecule has 122 valence electrons. The second-order valence-corrected chi connectivity index (χ2v) is 6.04. The van der Waals surface area contributed by atoms with Gasteiger partial charge in [0.2, 0.25) is 0 Å². The fourth-order valence-corrected chi connectivity index (χ4v) is 2.91. The second kappa shape index (κ2) is 7.37. The van der Waals surface area contributed by atoms with Crippen LogP contribution in [0.4, 0.5) is 0 Å². The van der Waals surface area contributed by atoms with Gasteiger partial charge >= 0.3 is 0 Å². The van der Waals surface area contributed by atoms with E-state index in [1.807, 2.05) is 23.1 Å². The van der Waals surface area contributed by atoms with Gasteiger partial charge in [0.1, 0.15) is 0 Å². The molecule has 1 aliphatic heterocycles. The van der Waals surface area contributed by atoms with Crippen LogP contribution in [0.25, 0.3) is 0 Å². The third-order valence-electron chi connectivity index (χ3n) is 4.09. The second-order valence-electron chi connectivity index (χ2n) is 6.04. The highest BCUT2D eigenvalue weighted by molar-refractivity contribution is 5.91. The highest BCUT2D eigenvalue weighted by Gasteiger charge is 2.26. The van der Waals surface area contributed by atoms with Crippen LogP contribution in [0.15, 0.2) is 36.5 Å². The molecule has 0 saturated carbocycles. The van der Waals surface area contributed by atoms with Gasteiger partial charge in [-0.15, -0.1) is 5.10 Å². The first-order valence-corrected chi connectivity index (χ1v) is 7.99. The van der Waals surface area contributed by atoms with E-state index in [-0.39, 0.29) is 5.91 Å². The molecule has 1 atom stereocenters. The zero-order valence-electron chi connectivity index (χ0n) is 13.4. The molecule has 1 amide bonds. The minimum absolute atomic E-state index is 0.0362. The van der Waals surface area contributed by atoms with E-state index < -0.39 is 0 Å². The van der Waals surface area contributed by atoms with Crippen LogP contribution in [0.2, 0.25) is 0 Å². The normalized spacial score (nSPS) is 18.1. The number of aromatic nitrogens is 3. The lowest BCUT2D eigenvalue weighted by Crippen LogP contribution is -2.41. The lowest BCUT2D eigenvalue weighted by molar-refractivity contribution is 0.0422. The number of rotatable bonds is 5. The number of amides is 1. The SMILES string of the molecule is Cn1cc(C(=O)N2CCCC(COCc3ccccc3)C2)nn1. The maximum atomic E-state index is 12.4. The van der Waals surface area contributed by atoms with E-state index in [9.17, 15) is 4.79 Å². The summed E-state index contributed by atoms with van der Waals surface area (Å²) in [6.45, 7) is 2.81. The molecule has 6 nitrogen and oxygen atoms in total. The number of benzene rings is 1. The summed E-state index contributed by atoms with van der Waals surface area (Å²) in [6, 6.07) is 10.2. The van der Waals surface area contributed by atoms with E-state index in [2.05, 4.69) is 22.4 Å². The number of nitrogens with zero attached hydrogens (tertiary/aromatic N) is 4. The van der Waals surface area contributed by atoms with E-state index in [1.165, 1.54) is 5.56 Å². The third kappa shape index (κ3) is 4.16. The number of piperidine rings is 1. The minimum atomic E-state index is -0.0362. The van der Waals surface area contributed by atoms with Gasteiger partial charge in [-0.25, -0.2) is 0 Å². The molecule has 23 heavy (non-hydrogen) atoms. The van der Waals surface area contributed by atoms with E-state index in [4.69, 9.17) is 4.74 Å². The zero-order chi connectivity index (χ0) is 16.1. The minimum Gasteiger partial charge on any atom is -0.376 e. The lowest BCUT2D eigenvalue weighted by atomic mass is 9.98. The fraction of sp³-hybridized carbons (Fsp3) is 0.471. The Kier molecular flexibility index (Phi) is 5.02. The summed E-state index contributed by atoms with van der Waals surface area (Å²) in [4.78, 5) is 14.3. The van der Waals surface area contributed by atoms with Crippen LogP contribution in [0.1, 0.15) is 28.9 Å². The van der Waals surface area contributed by atoms with Gasteiger partial charge < -0.3 is 9.64 Å². The Labute approximate surface area is 136 Å². The van der Waals surface area contributed by atoms with E-state index >= 15 is 0 Å². The van der Waals surface area contributed by atoms with Crippen LogP contribution in [-0.2, 0) is 18.4 Å². The number of likely N-dealkylation sites (tertiary alicyclic amines) is 1. The molecule has 1 unspecified atom stereocenters. The molecular formula is C17H22N4O2. The molecule has 0 N–H and O–H groups in total. The maximum Gasteiger partial charge on any atom is 0.276 e. The van der Waals surface area contributed by atoms with E-state index in [1.54, 1.807) is 17.9 Å². The monoisotopic (exact) mass is 314 g/mol. The number of ether oxygens (including phenoxy) is 1. The molecule has 0 bridgehead atoms. The Hall–Kier alpha value is -2.21. The summed E-state index contributed by atoms with van der Waals surface area (Å²) < 4.78 is 7.38. The molecule has 0 spiro atoms. The Bertz CT molecular complexity index is 641. The smallest absolute Gasteiger partial charge is 0.276 e. The summed E-state index contributed by atoms with van der Waals surface area (Å²) >= 11 is 0. The van der Waals surface area contributed by atoms with Crippen molar-refractivity contribution in [1.82, 2.24) is 19.9 Å². The fourth-order valence-electron chi connectivity index (χ4n) is 2.91. The molecule has 0 radical (unpaired) electrons. The van der Waals surface area contributed by atoms with Gasteiger partial charge in [-0.1, -0.05) is 35.5 Å². The number of carbonyl (C=O) groups excluding carboxylic acids is 1. The first-order valence-electron chi connectivity index (χ1n) is 7.99. The van der Waals surface area contributed by atoms with Crippen molar-refractivity contribution in [2.24, 2.45) is 13.0 Å². The lowest BCUT2D eigenvalue weighted by Gasteiger charge is -2.32. The van der Waals surface area contributed by atoms with Crippen molar-refractivity contribution in [3.05, 3.63) is 47.8 Å². The number of carbonyl (C=O) groups is 1. The molecule has 1 aromatic carbocycles. The van der Waals surface area contributed by atoms with Gasteiger partial charge in [0.25, 0.3) is 5.91 Å². The van der Waals surface area contributed by atoms with Crippen LogP contribution >= 0.6 is 0 Å². The summed E-state index contributed by atoms with van der Waals surface area (Å²) in [5.41, 5.74) is 1.59. The van der Waals surface area contributed by atoms with E-state index in [0.29, 0.717) is 24.8 Å². The molecule has 1 fully saturated rings. The van der Waals surface area contributed by atoms with Crippen LogP contribution in [0.5, 0.6) is 0 Å². The number of hydrogen-bond acceptors (Lipinski definition) is 4. The van der Waals surface area contributed by atoms with Crippen molar-refractivity contribution in [1.29, 1.82) is 0 Å². The highest BCUT2D eigenvalue weighted by Crippen LogP contribution is 2.19. The maximum absolute atomic E-state index is 12.4. The van der Waals surface area contributed by atoms with E-state index in [0.717, 1.165) is 25.9 Å². The molecule has 0 aliphatic carbocycles. The summed E-state index contributed by atoms with van der Waals surface area (Å²) in [5, 5.41) is 7.74. The van der Waals surface area contributed by atoms with Crippen molar-refractivity contribution in [2.75, 3.05) is 19.7 Å². The van der Waals surface area contributed by atoms with Crippen LogP contribution in [0.3, 0.4) is 0 Å². The predicted molar refractivity (Wildman–Crippen MR) is 85.7 cm³/mol. The summed E-state index contributed by atoms with van der Waals surface area (Å²) in [7, 11) is 1.76. The van der Waals surface area contributed by atoms with Crippen LogP contribution < -0.4 is 0 Å². The van der Waals surface area contributed by atoms with Gasteiger partial charge in [-0.05, 0) is 24.3 Å². The quantitative estimate of drug-likeness (QED) is 0.845. The van der Waals surface area contributed by atoms with Gasteiger partial charge in [0.15, 0.2) is 5.69 Å². The van der Waals surface area contributed by atoms with Gasteiger partial charge in [0.05, 0.1) is 19.4 Å². The topological polar surface area (TPSA) is 60.2 Å². The molecular weight excluding hydrogens is 292 g/mol. The molecule has 6 heteroatoms. The summed E-state index contributed by atoms with van der Waals surface area (Å²) in [5.74, 6) is 0.346. The molecule has 3 rings (SSSR count). The van der Waals surface area contributed by atoms with Gasteiger partial charge in [-0.3, -0.25) is 9.48 Å². The van der Waals surface area contributed by atoms with Crippen molar-refractivity contribution >= 4 is 5.91 Å². The van der Waals surface area contributed by atoms with Crippen molar-refractivity contribution < 1.29 is 9.53 Å².